The largest absolute Gasteiger partial charge is 0.497 e. The summed E-state index contributed by atoms with van der Waals surface area (Å²) in [4.78, 5) is 25.1. The van der Waals surface area contributed by atoms with Crippen molar-refractivity contribution in [3.8, 4) is 5.75 Å². The van der Waals surface area contributed by atoms with E-state index in [1.807, 2.05) is 0 Å². The molecule has 2 N–H and O–H groups in total. The Morgan fingerprint density at radius 1 is 1.00 bits per heavy atom. The van der Waals surface area contributed by atoms with E-state index >= 15 is 0 Å². The van der Waals surface area contributed by atoms with Gasteiger partial charge < -0.3 is 15.4 Å². The van der Waals surface area contributed by atoms with Crippen molar-refractivity contribution in [2.75, 3.05) is 17.7 Å². The fraction of sp³-hybridized carbons (Fsp3) is 0.222. The van der Waals surface area contributed by atoms with Gasteiger partial charge in [-0.2, -0.15) is 0 Å². The summed E-state index contributed by atoms with van der Waals surface area (Å²) in [6.07, 6.45) is 0.984. The minimum Gasteiger partial charge on any atom is -0.497 e. The van der Waals surface area contributed by atoms with E-state index < -0.39 is 5.41 Å². The second kappa shape index (κ2) is 6.94. The fourth-order valence-corrected chi connectivity index (χ4v) is 2.90. The Bertz CT molecular complexity index is 818. The number of anilines is 2. The van der Waals surface area contributed by atoms with Crippen molar-refractivity contribution in [2.45, 2.75) is 12.8 Å². The number of amides is 2. The van der Waals surface area contributed by atoms with Crippen molar-refractivity contribution in [1.29, 1.82) is 0 Å². The smallest absolute Gasteiger partial charge is 0.240 e. The number of hydrogen-bond donors (Lipinski definition) is 2. The van der Waals surface area contributed by atoms with Crippen LogP contribution in [0.5, 0.6) is 5.75 Å². The van der Waals surface area contributed by atoms with Crippen LogP contribution in [0, 0.1) is 5.41 Å². The molecule has 0 spiro atoms. The molecule has 0 heterocycles. The molecule has 2 aromatic carbocycles. The SMILES string of the molecule is COc1ccc(NC(=O)C2(C(=O)Nc3ccc(Cl)cc3Cl)CC2)cc1. The van der Waals surface area contributed by atoms with Gasteiger partial charge >= 0.3 is 0 Å². The van der Waals surface area contributed by atoms with Gasteiger partial charge in [0.05, 0.1) is 17.8 Å². The number of carbonyl (C=O) groups is 2. The highest BCUT2D eigenvalue weighted by Gasteiger charge is 2.56. The molecule has 2 amide bonds. The molecule has 0 radical (unpaired) electrons. The maximum absolute atomic E-state index is 12.6. The zero-order valence-electron chi connectivity index (χ0n) is 13.4. The van der Waals surface area contributed by atoms with E-state index in [1.54, 1.807) is 43.5 Å². The number of ether oxygens (including phenoxy) is 1. The lowest BCUT2D eigenvalue weighted by Gasteiger charge is -2.16. The fourth-order valence-electron chi connectivity index (χ4n) is 2.44. The number of hydrogen-bond acceptors (Lipinski definition) is 3. The van der Waals surface area contributed by atoms with E-state index in [0.717, 1.165) is 0 Å². The zero-order chi connectivity index (χ0) is 18.0. The number of methoxy groups -OCH3 is 1. The topological polar surface area (TPSA) is 67.4 Å². The van der Waals surface area contributed by atoms with Gasteiger partial charge in [0.25, 0.3) is 0 Å². The molecular formula is C18H16Cl2N2O3. The molecular weight excluding hydrogens is 363 g/mol. The molecule has 1 saturated carbocycles. The van der Waals surface area contributed by atoms with Gasteiger partial charge in [0.15, 0.2) is 0 Å². The summed E-state index contributed by atoms with van der Waals surface area (Å²) in [5.41, 5.74) is -0.0305. The Hall–Kier alpha value is -2.24. The van der Waals surface area contributed by atoms with Crippen molar-refractivity contribution in [1.82, 2.24) is 0 Å². The third-order valence-corrected chi connectivity index (χ3v) is 4.69. The molecule has 130 valence electrons. The summed E-state index contributed by atoms with van der Waals surface area (Å²) in [5.74, 6) is -0.0164. The molecule has 0 atom stereocenters. The van der Waals surface area contributed by atoms with Crippen molar-refractivity contribution in [3.63, 3.8) is 0 Å². The minimum absolute atomic E-state index is 0.326. The summed E-state index contributed by atoms with van der Waals surface area (Å²) in [7, 11) is 1.57. The molecule has 1 aliphatic rings. The average Bonchev–Trinajstić information content (AvgIpc) is 3.40. The molecule has 0 aromatic heterocycles. The molecule has 2 aromatic rings. The number of carbonyl (C=O) groups excluding carboxylic acids is 2. The van der Waals surface area contributed by atoms with Gasteiger partial charge in [-0.25, -0.2) is 0 Å². The Labute approximate surface area is 155 Å². The molecule has 0 aliphatic heterocycles. The van der Waals surface area contributed by atoms with Crippen LogP contribution in [-0.4, -0.2) is 18.9 Å². The third kappa shape index (κ3) is 3.72. The zero-order valence-corrected chi connectivity index (χ0v) is 14.9. The number of rotatable bonds is 5. The van der Waals surface area contributed by atoms with E-state index in [0.29, 0.717) is 40.0 Å². The molecule has 1 aliphatic carbocycles. The van der Waals surface area contributed by atoms with Crippen LogP contribution in [-0.2, 0) is 9.59 Å². The van der Waals surface area contributed by atoms with Crippen LogP contribution in [0.25, 0.3) is 0 Å². The Morgan fingerprint density at radius 2 is 1.64 bits per heavy atom. The quantitative estimate of drug-likeness (QED) is 0.759. The van der Waals surface area contributed by atoms with Gasteiger partial charge in [0, 0.05) is 10.7 Å². The summed E-state index contributed by atoms with van der Waals surface area (Å²) in [6.45, 7) is 0. The summed E-state index contributed by atoms with van der Waals surface area (Å²) in [5, 5.41) is 6.29. The second-order valence-electron chi connectivity index (χ2n) is 5.84. The van der Waals surface area contributed by atoms with Crippen LogP contribution in [0.15, 0.2) is 42.5 Å². The predicted octanol–water partition coefficient (Wildman–Crippen LogP) is 4.36. The van der Waals surface area contributed by atoms with Gasteiger partial charge in [-0.15, -0.1) is 0 Å². The average molecular weight is 379 g/mol. The highest BCUT2D eigenvalue weighted by molar-refractivity contribution is 6.37. The molecule has 3 rings (SSSR count). The van der Waals surface area contributed by atoms with Gasteiger partial charge in [-0.1, -0.05) is 23.2 Å². The summed E-state index contributed by atoms with van der Waals surface area (Å²) in [6, 6.07) is 11.7. The lowest BCUT2D eigenvalue weighted by molar-refractivity contribution is -0.131. The minimum atomic E-state index is -1.07. The molecule has 25 heavy (non-hydrogen) atoms. The van der Waals surface area contributed by atoms with Crippen LogP contribution in [0.3, 0.4) is 0 Å². The highest BCUT2D eigenvalue weighted by atomic mass is 35.5. The third-order valence-electron chi connectivity index (χ3n) is 4.15. The van der Waals surface area contributed by atoms with E-state index in [9.17, 15) is 9.59 Å². The van der Waals surface area contributed by atoms with E-state index in [4.69, 9.17) is 27.9 Å². The van der Waals surface area contributed by atoms with Crippen LogP contribution in [0.1, 0.15) is 12.8 Å². The summed E-state index contributed by atoms with van der Waals surface area (Å²) < 4.78 is 5.08. The van der Waals surface area contributed by atoms with Crippen LogP contribution in [0.2, 0.25) is 10.0 Å². The Morgan fingerprint density at radius 3 is 2.20 bits per heavy atom. The molecule has 5 nitrogen and oxygen atoms in total. The standard InChI is InChI=1S/C18H16Cl2N2O3/c1-25-13-5-3-12(4-6-13)21-16(23)18(8-9-18)17(24)22-15-7-2-11(19)10-14(15)20/h2-7,10H,8-9H2,1H3,(H,21,23)(H,22,24). The van der Waals surface area contributed by atoms with Crippen molar-refractivity contribution >= 4 is 46.4 Å². The lowest BCUT2D eigenvalue weighted by atomic mass is 10.0. The second-order valence-corrected chi connectivity index (χ2v) is 6.69. The molecule has 0 unspecified atom stereocenters. The van der Waals surface area contributed by atoms with Gasteiger partial charge in [-0.3, -0.25) is 9.59 Å². The maximum Gasteiger partial charge on any atom is 0.240 e. The lowest BCUT2D eigenvalue weighted by Crippen LogP contribution is -2.35. The van der Waals surface area contributed by atoms with Gasteiger partial charge in [-0.05, 0) is 55.3 Å². The van der Waals surface area contributed by atoms with Crippen LogP contribution >= 0.6 is 23.2 Å². The normalized spacial score (nSPS) is 14.5. The first kappa shape index (κ1) is 17.6. The van der Waals surface area contributed by atoms with E-state index in [1.165, 1.54) is 6.07 Å². The van der Waals surface area contributed by atoms with Gasteiger partial charge in [0.2, 0.25) is 11.8 Å². The summed E-state index contributed by atoms with van der Waals surface area (Å²) >= 11 is 11.9. The highest BCUT2D eigenvalue weighted by Crippen LogP contribution is 2.48. The molecule has 0 saturated heterocycles. The number of halogens is 2. The van der Waals surface area contributed by atoms with E-state index in [-0.39, 0.29) is 11.8 Å². The monoisotopic (exact) mass is 378 g/mol. The van der Waals surface area contributed by atoms with E-state index in [2.05, 4.69) is 10.6 Å². The number of nitrogens with one attached hydrogen (secondary N) is 2. The van der Waals surface area contributed by atoms with Crippen LogP contribution < -0.4 is 15.4 Å². The Kier molecular flexibility index (Phi) is 4.88. The first-order valence-electron chi connectivity index (χ1n) is 7.67. The maximum atomic E-state index is 12.6. The van der Waals surface area contributed by atoms with Gasteiger partial charge in [0.1, 0.15) is 11.2 Å². The van der Waals surface area contributed by atoms with Crippen molar-refractivity contribution in [2.24, 2.45) is 5.41 Å². The predicted molar refractivity (Wildman–Crippen MR) is 98.4 cm³/mol. The first-order valence-corrected chi connectivity index (χ1v) is 8.42. The van der Waals surface area contributed by atoms with Crippen molar-refractivity contribution < 1.29 is 14.3 Å². The van der Waals surface area contributed by atoms with Crippen molar-refractivity contribution in [3.05, 3.63) is 52.5 Å². The molecule has 0 bridgehead atoms. The Balaban J connectivity index is 1.69. The van der Waals surface area contributed by atoms with Crippen LogP contribution in [0.4, 0.5) is 11.4 Å². The molecule has 7 heteroatoms. The number of benzene rings is 2. The first-order chi connectivity index (χ1) is 11.9. The molecule has 1 fully saturated rings.